The van der Waals surface area contributed by atoms with Crippen LogP contribution in [-0.4, -0.2) is 12.9 Å². The van der Waals surface area contributed by atoms with Crippen molar-refractivity contribution in [3.05, 3.63) is 29.8 Å². The zero-order valence-electron chi connectivity index (χ0n) is 6.63. The molecule has 58 valence electrons. The van der Waals surface area contributed by atoms with Crippen LogP contribution in [0.25, 0.3) is 0 Å². The van der Waals surface area contributed by atoms with Crippen LogP contribution in [0.3, 0.4) is 0 Å². The van der Waals surface area contributed by atoms with Crippen molar-refractivity contribution >= 4 is 5.78 Å². The molecule has 2 nitrogen and oxygen atoms in total. The van der Waals surface area contributed by atoms with Crippen LogP contribution in [0.15, 0.2) is 24.3 Å². The lowest BCUT2D eigenvalue weighted by atomic mass is 10.1. The van der Waals surface area contributed by atoms with Crippen LogP contribution < -0.4 is 4.74 Å². The van der Waals surface area contributed by atoms with Crippen LogP contribution in [0.4, 0.5) is 0 Å². The average molecular weight is 152 g/mol. The van der Waals surface area contributed by atoms with Gasteiger partial charge in [-0.3, -0.25) is 4.79 Å². The maximum absolute atomic E-state index is 10.8. The van der Waals surface area contributed by atoms with Gasteiger partial charge in [0.2, 0.25) is 0 Å². The van der Waals surface area contributed by atoms with Crippen molar-refractivity contribution in [2.24, 2.45) is 0 Å². The molecule has 1 aromatic rings. The predicted molar refractivity (Wildman–Crippen MR) is 43.0 cm³/mol. The lowest BCUT2D eigenvalue weighted by molar-refractivity contribution is 0.101. The first-order valence-corrected chi connectivity index (χ1v) is 3.39. The van der Waals surface area contributed by atoms with E-state index in [1.807, 2.05) is 0 Å². The van der Waals surface area contributed by atoms with Gasteiger partial charge in [-0.05, 0) is 31.2 Å². The van der Waals surface area contributed by atoms with Crippen molar-refractivity contribution in [2.75, 3.05) is 7.11 Å². The lowest BCUT2D eigenvalue weighted by Crippen LogP contribution is -1.91. The first kappa shape index (κ1) is 7.79. The second kappa shape index (κ2) is 3.19. The van der Waals surface area contributed by atoms with Crippen molar-refractivity contribution in [1.82, 2.24) is 0 Å². The van der Waals surface area contributed by atoms with E-state index in [9.17, 15) is 4.79 Å². The molecule has 0 amide bonds. The minimum Gasteiger partial charge on any atom is -0.497 e. The highest BCUT2D eigenvalue weighted by Crippen LogP contribution is 2.11. The smallest absolute Gasteiger partial charge is 0.159 e. The monoisotopic (exact) mass is 152 g/mol. The summed E-state index contributed by atoms with van der Waals surface area (Å²) in [6.45, 7) is 1.54. The molecule has 11 heavy (non-hydrogen) atoms. The van der Waals surface area contributed by atoms with Gasteiger partial charge in [0, 0.05) is 5.56 Å². The summed E-state index contributed by atoms with van der Waals surface area (Å²) in [7, 11) is 1.60. The van der Waals surface area contributed by atoms with Crippen LogP contribution in [0, 0.1) is 0 Å². The fourth-order valence-electron chi connectivity index (χ4n) is 0.826. The molecule has 0 aromatic heterocycles. The van der Waals surface area contributed by atoms with E-state index in [-0.39, 0.29) is 5.78 Å². The number of ketones is 1. The van der Waals surface area contributed by atoms with Gasteiger partial charge in [-0.15, -0.1) is 0 Å². The van der Waals surface area contributed by atoms with Gasteiger partial charge >= 0.3 is 0 Å². The van der Waals surface area contributed by atoms with E-state index in [4.69, 9.17) is 4.74 Å². The maximum Gasteiger partial charge on any atom is 0.159 e. The van der Waals surface area contributed by atoms with Gasteiger partial charge in [-0.1, -0.05) is 0 Å². The number of ether oxygens (including phenoxy) is 1. The molecule has 0 N–H and O–H groups in total. The fourth-order valence-corrected chi connectivity index (χ4v) is 0.826. The number of carbonyl (C=O) groups excluding carboxylic acids is 1. The Bertz CT molecular complexity index is 249. The molecule has 0 spiro atoms. The molecular formula is C9H10O2. The van der Waals surface area contributed by atoms with E-state index in [0.29, 0.717) is 5.56 Å². The van der Waals surface area contributed by atoms with E-state index >= 15 is 0 Å². The minimum absolute atomic E-state index is 0.0765. The summed E-state index contributed by atoms with van der Waals surface area (Å²) >= 11 is 0. The molecule has 0 saturated carbocycles. The number of methoxy groups -OCH3 is 1. The van der Waals surface area contributed by atoms with E-state index in [1.165, 1.54) is 0 Å². The molecule has 0 radical (unpaired) electrons. The molecule has 1 rings (SSSR count). The maximum atomic E-state index is 10.8. The number of hydrogen-bond donors (Lipinski definition) is 0. The SMILES string of the molecule is CC(=O)c1ccc(O[14CH3])cc1. The standard InChI is InChI=1S/C9H10O2/c1-7(10)8-3-5-9(11-2)6-4-8/h3-6H,1-2H3/i2+2. The Morgan fingerprint density at radius 1 is 1.36 bits per heavy atom. The molecule has 1 aromatic carbocycles. The van der Waals surface area contributed by atoms with Crippen LogP contribution in [0.5, 0.6) is 5.75 Å². The van der Waals surface area contributed by atoms with Crippen molar-refractivity contribution in [3.8, 4) is 5.75 Å². The summed E-state index contributed by atoms with van der Waals surface area (Å²) in [6.07, 6.45) is 0. The van der Waals surface area contributed by atoms with Crippen LogP contribution >= 0.6 is 0 Å². The summed E-state index contributed by atoms with van der Waals surface area (Å²) in [5.74, 6) is 0.850. The number of carbonyl (C=O) groups is 1. The molecule has 0 saturated heterocycles. The summed E-state index contributed by atoms with van der Waals surface area (Å²) in [5.41, 5.74) is 0.714. The Hall–Kier alpha value is -1.31. The van der Waals surface area contributed by atoms with Crippen molar-refractivity contribution in [1.29, 1.82) is 0 Å². The van der Waals surface area contributed by atoms with Gasteiger partial charge in [0.05, 0.1) is 7.11 Å². The van der Waals surface area contributed by atoms with E-state index in [0.717, 1.165) is 5.75 Å². The summed E-state index contributed by atoms with van der Waals surface area (Å²) in [5, 5.41) is 0. The van der Waals surface area contributed by atoms with Gasteiger partial charge in [0.25, 0.3) is 0 Å². The molecule has 0 unspecified atom stereocenters. The summed E-state index contributed by atoms with van der Waals surface area (Å²) in [4.78, 5) is 10.8. The van der Waals surface area contributed by atoms with E-state index in [1.54, 1.807) is 38.3 Å². The Kier molecular flexibility index (Phi) is 2.26. The molecule has 0 fully saturated rings. The van der Waals surface area contributed by atoms with Crippen molar-refractivity contribution < 1.29 is 9.53 Å². The molecule has 0 bridgehead atoms. The number of hydrogen-bond acceptors (Lipinski definition) is 2. The number of benzene rings is 1. The van der Waals surface area contributed by atoms with E-state index in [2.05, 4.69) is 0 Å². The average Bonchev–Trinajstić information content (AvgIpc) is 2.05. The van der Waals surface area contributed by atoms with Gasteiger partial charge in [-0.2, -0.15) is 0 Å². The van der Waals surface area contributed by atoms with Crippen molar-refractivity contribution in [2.45, 2.75) is 6.92 Å². The Labute approximate surface area is 65.8 Å². The second-order valence-electron chi connectivity index (χ2n) is 2.28. The molecule has 0 aliphatic carbocycles. The van der Waals surface area contributed by atoms with E-state index < -0.39 is 0 Å². The Balaban J connectivity index is 2.91. The minimum atomic E-state index is 0.0765. The first-order valence-electron chi connectivity index (χ1n) is 3.39. The fraction of sp³-hybridized carbons (Fsp3) is 0.222. The highest BCUT2D eigenvalue weighted by Gasteiger charge is 1.97. The number of Topliss-reactive ketones (excluding diaryl/α,β-unsaturated/α-hetero) is 1. The molecule has 0 aliphatic heterocycles. The topological polar surface area (TPSA) is 26.3 Å². The predicted octanol–water partition coefficient (Wildman–Crippen LogP) is 1.90. The van der Waals surface area contributed by atoms with Gasteiger partial charge in [0.1, 0.15) is 5.75 Å². The third-order valence-electron chi connectivity index (χ3n) is 1.50. The third-order valence-corrected chi connectivity index (χ3v) is 1.50. The molecule has 0 atom stereocenters. The summed E-state index contributed by atoms with van der Waals surface area (Å²) < 4.78 is 4.94. The zero-order valence-corrected chi connectivity index (χ0v) is 6.63. The normalized spacial score (nSPS) is 9.27. The van der Waals surface area contributed by atoms with Crippen LogP contribution in [0.1, 0.15) is 17.3 Å². The lowest BCUT2D eigenvalue weighted by Gasteiger charge is -1.98. The first-order chi connectivity index (χ1) is 5.24. The quantitative estimate of drug-likeness (QED) is 0.605. The van der Waals surface area contributed by atoms with Crippen LogP contribution in [-0.2, 0) is 0 Å². The molecular weight excluding hydrogens is 142 g/mol. The van der Waals surface area contributed by atoms with Gasteiger partial charge < -0.3 is 4.74 Å². The largest absolute Gasteiger partial charge is 0.497 e. The van der Waals surface area contributed by atoms with Crippen molar-refractivity contribution in [3.63, 3.8) is 0 Å². The summed E-state index contributed by atoms with van der Waals surface area (Å²) in [6, 6.07) is 7.05. The third kappa shape index (κ3) is 1.80. The van der Waals surface area contributed by atoms with Gasteiger partial charge in [-0.25, -0.2) is 0 Å². The highest BCUT2D eigenvalue weighted by molar-refractivity contribution is 5.94. The molecule has 0 heterocycles. The Morgan fingerprint density at radius 3 is 2.27 bits per heavy atom. The zero-order chi connectivity index (χ0) is 8.27. The number of rotatable bonds is 2. The molecule has 0 aliphatic rings. The Morgan fingerprint density at radius 2 is 1.91 bits per heavy atom. The highest BCUT2D eigenvalue weighted by atomic mass is 16.6. The van der Waals surface area contributed by atoms with Crippen LogP contribution in [0.2, 0.25) is 0 Å². The molecule has 2 heteroatoms. The van der Waals surface area contributed by atoms with Gasteiger partial charge in [0.15, 0.2) is 5.78 Å². The second-order valence-corrected chi connectivity index (χ2v) is 2.28.